The molecule has 0 fully saturated rings. The molecule has 0 unspecified atom stereocenters. The van der Waals surface area contributed by atoms with Crippen LogP contribution in [0.2, 0.25) is 0 Å². The summed E-state index contributed by atoms with van der Waals surface area (Å²) in [5, 5.41) is 12.4. The Morgan fingerprint density at radius 3 is 3.17 bits per heavy atom. The second-order valence-corrected chi connectivity index (χ2v) is 4.20. The fraction of sp³-hybridized carbons (Fsp3) is 0.231. The molecule has 5 heteroatoms. The van der Waals surface area contributed by atoms with Crippen LogP contribution in [0.1, 0.15) is 5.56 Å². The summed E-state index contributed by atoms with van der Waals surface area (Å²) in [6, 6.07) is 8.43. The van der Waals surface area contributed by atoms with Gasteiger partial charge in [-0.2, -0.15) is 0 Å². The molecule has 0 saturated heterocycles. The summed E-state index contributed by atoms with van der Waals surface area (Å²) < 4.78 is 1.82. The number of aromatic nitrogens is 4. The summed E-state index contributed by atoms with van der Waals surface area (Å²) in [4.78, 5) is 3.22. The average molecular weight is 241 g/mol. The van der Waals surface area contributed by atoms with Gasteiger partial charge in [0, 0.05) is 36.4 Å². The number of hydrogen-bond donors (Lipinski definition) is 2. The second-order valence-electron chi connectivity index (χ2n) is 4.20. The normalized spacial score (nSPS) is 11.1. The van der Waals surface area contributed by atoms with Gasteiger partial charge >= 0.3 is 0 Å². The van der Waals surface area contributed by atoms with Crippen LogP contribution in [0.3, 0.4) is 0 Å². The zero-order valence-electron chi connectivity index (χ0n) is 10.0. The fourth-order valence-corrected chi connectivity index (χ4v) is 2.07. The van der Waals surface area contributed by atoms with Crippen molar-refractivity contribution >= 4 is 10.9 Å². The third kappa shape index (κ3) is 2.26. The van der Waals surface area contributed by atoms with Crippen LogP contribution in [0.5, 0.6) is 0 Å². The lowest BCUT2D eigenvalue weighted by molar-refractivity contribution is 0.541. The molecule has 5 nitrogen and oxygen atoms in total. The quantitative estimate of drug-likeness (QED) is 0.666. The first-order chi connectivity index (χ1) is 8.93. The van der Waals surface area contributed by atoms with Crippen LogP contribution in [0.25, 0.3) is 10.9 Å². The Bertz CT molecular complexity index is 611. The standard InChI is InChI=1S/C13H15N5/c1-2-11(12-4-5-15-13(12)3-1)10-14-6-8-18-9-7-16-17-18/h1-5,7,9,14-15H,6,8,10H2. The minimum Gasteiger partial charge on any atom is -0.361 e. The van der Waals surface area contributed by atoms with Crippen molar-refractivity contribution in [1.29, 1.82) is 0 Å². The largest absolute Gasteiger partial charge is 0.361 e. The van der Waals surface area contributed by atoms with Gasteiger partial charge < -0.3 is 10.3 Å². The van der Waals surface area contributed by atoms with Gasteiger partial charge in [0.1, 0.15) is 0 Å². The summed E-state index contributed by atoms with van der Waals surface area (Å²) in [5.41, 5.74) is 2.50. The van der Waals surface area contributed by atoms with Crippen LogP contribution >= 0.6 is 0 Å². The molecule has 0 aliphatic rings. The highest BCUT2D eigenvalue weighted by atomic mass is 15.4. The topological polar surface area (TPSA) is 58.5 Å². The maximum absolute atomic E-state index is 3.92. The van der Waals surface area contributed by atoms with Crippen LogP contribution in [-0.4, -0.2) is 26.5 Å². The molecule has 0 atom stereocenters. The van der Waals surface area contributed by atoms with E-state index in [0.717, 1.165) is 19.6 Å². The van der Waals surface area contributed by atoms with E-state index in [1.165, 1.54) is 16.5 Å². The molecule has 2 aromatic heterocycles. The van der Waals surface area contributed by atoms with Crippen molar-refractivity contribution in [2.45, 2.75) is 13.1 Å². The van der Waals surface area contributed by atoms with E-state index in [4.69, 9.17) is 0 Å². The average Bonchev–Trinajstić information content (AvgIpc) is 3.05. The van der Waals surface area contributed by atoms with Crippen molar-refractivity contribution in [2.75, 3.05) is 6.54 Å². The number of fused-ring (bicyclic) bond motifs is 1. The first-order valence-electron chi connectivity index (χ1n) is 6.03. The number of hydrogen-bond acceptors (Lipinski definition) is 3. The number of nitrogens with zero attached hydrogens (tertiary/aromatic N) is 3. The first-order valence-corrected chi connectivity index (χ1v) is 6.03. The Labute approximate surface area is 105 Å². The fourth-order valence-electron chi connectivity index (χ4n) is 2.07. The van der Waals surface area contributed by atoms with Crippen molar-refractivity contribution in [3.8, 4) is 0 Å². The number of aromatic amines is 1. The lowest BCUT2D eigenvalue weighted by Gasteiger charge is -2.06. The lowest BCUT2D eigenvalue weighted by atomic mass is 10.1. The Morgan fingerprint density at radius 2 is 2.28 bits per heavy atom. The minimum absolute atomic E-state index is 0.836. The molecule has 2 N–H and O–H groups in total. The number of rotatable bonds is 5. The van der Waals surface area contributed by atoms with Crippen molar-refractivity contribution in [2.24, 2.45) is 0 Å². The van der Waals surface area contributed by atoms with Gasteiger partial charge in [0.2, 0.25) is 0 Å². The zero-order chi connectivity index (χ0) is 12.2. The molecule has 92 valence electrons. The molecule has 3 aromatic rings. The Morgan fingerprint density at radius 1 is 1.28 bits per heavy atom. The van der Waals surface area contributed by atoms with Crippen LogP contribution in [0.15, 0.2) is 42.9 Å². The summed E-state index contributed by atoms with van der Waals surface area (Å²) >= 11 is 0. The molecule has 2 heterocycles. The summed E-state index contributed by atoms with van der Waals surface area (Å²) in [6.07, 6.45) is 5.54. The maximum Gasteiger partial charge on any atom is 0.0692 e. The first kappa shape index (κ1) is 11.0. The highest BCUT2D eigenvalue weighted by Gasteiger charge is 2.00. The van der Waals surface area contributed by atoms with Gasteiger partial charge in [0.25, 0.3) is 0 Å². The van der Waals surface area contributed by atoms with Crippen LogP contribution < -0.4 is 5.32 Å². The minimum atomic E-state index is 0.836. The molecule has 0 aliphatic heterocycles. The molecule has 18 heavy (non-hydrogen) atoms. The summed E-state index contributed by atoms with van der Waals surface area (Å²) in [5.74, 6) is 0. The monoisotopic (exact) mass is 241 g/mol. The Hall–Kier alpha value is -2.14. The molecular formula is C13H15N5. The van der Waals surface area contributed by atoms with Gasteiger partial charge in [-0.3, -0.25) is 4.68 Å². The van der Waals surface area contributed by atoms with Crippen molar-refractivity contribution in [3.05, 3.63) is 48.4 Å². The van der Waals surface area contributed by atoms with Crippen LogP contribution in [0, 0.1) is 0 Å². The molecule has 0 bridgehead atoms. The van der Waals surface area contributed by atoms with Crippen molar-refractivity contribution in [3.63, 3.8) is 0 Å². The molecule has 0 saturated carbocycles. The predicted octanol–water partition coefficient (Wildman–Crippen LogP) is 1.55. The highest BCUT2D eigenvalue weighted by molar-refractivity contribution is 5.82. The van der Waals surface area contributed by atoms with E-state index >= 15 is 0 Å². The second kappa shape index (κ2) is 5.01. The van der Waals surface area contributed by atoms with Gasteiger partial charge in [0.05, 0.1) is 12.7 Å². The van der Waals surface area contributed by atoms with Gasteiger partial charge in [-0.1, -0.05) is 17.3 Å². The molecule has 0 aliphatic carbocycles. The van der Waals surface area contributed by atoms with Gasteiger partial charge in [-0.25, -0.2) is 0 Å². The van der Waals surface area contributed by atoms with Crippen molar-refractivity contribution < 1.29 is 0 Å². The van der Waals surface area contributed by atoms with E-state index in [1.807, 2.05) is 17.1 Å². The SMILES string of the molecule is c1cc(CNCCn2ccnn2)c2cc[nH]c2c1. The maximum atomic E-state index is 3.92. The van der Waals surface area contributed by atoms with Gasteiger partial charge in [0.15, 0.2) is 0 Å². The van der Waals surface area contributed by atoms with E-state index in [1.54, 1.807) is 6.20 Å². The van der Waals surface area contributed by atoms with E-state index < -0.39 is 0 Å². The highest BCUT2D eigenvalue weighted by Crippen LogP contribution is 2.16. The number of H-pyrrole nitrogens is 1. The number of nitrogens with one attached hydrogen (secondary N) is 2. The molecule has 0 amide bonds. The molecule has 1 aromatic carbocycles. The zero-order valence-corrected chi connectivity index (χ0v) is 10.0. The molecule has 0 spiro atoms. The van der Waals surface area contributed by atoms with Gasteiger partial charge in [-0.15, -0.1) is 5.10 Å². The Balaban J connectivity index is 1.58. The van der Waals surface area contributed by atoms with E-state index in [9.17, 15) is 0 Å². The van der Waals surface area contributed by atoms with Crippen molar-refractivity contribution in [1.82, 2.24) is 25.3 Å². The third-order valence-corrected chi connectivity index (χ3v) is 2.99. The molecule has 0 radical (unpaired) electrons. The Kier molecular flexibility index (Phi) is 3.06. The summed E-state index contributed by atoms with van der Waals surface area (Å²) in [6.45, 7) is 2.58. The third-order valence-electron chi connectivity index (χ3n) is 2.99. The smallest absolute Gasteiger partial charge is 0.0692 e. The van der Waals surface area contributed by atoms with Gasteiger partial charge in [-0.05, 0) is 17.7 Å². The van der Waals surface area contributed by atoms with E-state index in [2.05, 4.69) is 44.9 Å². The lowest BCUT2D eigenvalue weighted by Crippen LogP contribution is -2.19. The van der Waals surface area contributed by atoms with Crippen LogP contribution in [-0.2, 0) is 13.1 Å². The predicted molar refractivity (Wildman–Crippen MR) is 70.0 cm³/mol. The number of benzene rings is 1. The van der Waals surface area contributed by atoms with E-state index in [-0.39, 0.29) is 0 Å². The van der Waals surface area contributed by atoms with Crippen LogP contribution in [0.4, 0.5) is 0 Å². The summed E-state index contributed by atoms with van der Waals surface area (Å²) in [7, 11) is 0. The molecule has 3 rings (SSSR count). The molecular weight excluding hydrogens is 226 g/mol. The van der Waals surface area contributed by atoms with E-state index in [0.29, 0.717) is 0 Å².